The first-order chi connectivity index (χ1) is 10.4. The zero-order valence-electron chi connectivity index (χ0n) is 13.3. The van der Waals surface area contributed by atoms with E-state index in [9.17, 15) is 4.79 Å². The van der Waals surface area contributed by atoms with Gasteiger partial charge in [-0.2, -0.15) is 0 Å². The number of piperazine rings is 1. The van der Waals surface area contributed by atoms with E-state index in [0.29, 0.717) is 6.54 Å². The molecular formula is C17H23N3O2. The Morgan fingerprint density at radius 3 is 2.91 bits per heavy atom. The molecule has 1 aliphatic rings. The van der Waals surface area contributed by atoms with Crippen molar-refractivity contribution in [3.63, 3.8) is 0 Å². The third kappa shape index (κ3) is 3.09. The highest BCUT2D eigenvalue weighted by molar-refractivity contribution is 5.80. The monoisotopic (exact) mass is 301 g/mol. The van der Waals surface area contributed by atoms with Crippen LogP contribution in [0.5, 0.6) is 0 Å². The molecule has 1 atom stereocenters. The van der Waals surface area contributed by atoms with Crippen LogP contribution in [0, 0.1) is 0 Å². The Labute approximate surface area is 130 Å². The summed E-state index contributed by atoms with van der Waals surface area (Å²) >= 11 is 0. The normalized spacial score (nSPS) is 19.4. The van der Waals surface area contributed by atoms with Crippen LogP contribution in [0.3, 0.4) is 0 Å². The molecule has 1 saturated heterocycles. The molecule has 0 bridgehead atoms. The second-order valence-electron chi connectivity index (χ2n) is 6.72. The van der Waals surface area contributed by atoms with Crippen LogP contribution >= 0.6 is 0 Å². The minimum absolute atomic E-state index is 0.00343. The summed E-state index contributed by atoms with van der Waals surface area (Å²) in [7, 11) is 0. The summed E-state index contributed by atoms with van der Waals surface area (Å²) in [5, 5.41) is 4.54. The van der Waals surface area contributed by atoms with Crippen LogP contribution in [0.2, 0.25) is 0 Å². The number of ether oxygens (including phenoxy) is 1. The molecule has 1 amide bonds. The summed E-state index contributed by atoms with van der Waals surface area (Å²) in [6.07, 6.45) is 1.68. The number of rotatable bonds is 1. The van der Waals surface area contributed by atoms with Crippen molar-refractivity contribution in [1.82, 2.24) is 15.2 Å². The summed E-state index contributed by atoms with van der Waals surface area (Å²) in [6, 6.07) is 8.33. The Kier molecular flexibility index (Phi) is 3.83. The highest BCUT2D eigenvalue weighted by atomic mass is 16.6. The van der Waals surface area contributed by atoms with Crippen molar-refractivity contribution < 1.29 is 9.53 Å². The molecule has 1 aliphatic heterocycles. The lowest BCUT2D eigenvalue weighted by Gasteiger charge is -2.37. The summed E-state index contributed by atoms with van der Waals surface area (Å²) in [5.41, 5.74) is 1.73. The SMILES string of the molecule is CC(C)(C)OC(=O)N1CCNCC1c1ccc2cc[nH]c2c1. The second-order valence-corrected chi connectivity index (χ2v) is 6.72. The number of benzene rings is 1. The summed E-state index contributed by atoms with van der Waals surface area (Å²) < 4.78 is 5.55. The maximum Gasteiger partial charge on any atom is 0.410 e. The molecule has 1 aromatic heterocycles. The quantitative estimate of drug-likeness (QED) is 0.851. The number of aromatic nitrogens is 1. The fourth-order valence-electron chi connectivity index (χ4n) is 2.81. The van der Waals surface area contributed by atoms with E-state index in [1.807, 2.05) is 37.9 Å². The van der Waals surface area contributed by atoms with E-state index in [0.717, 1.165) is 24.2 Å². The highest BCUT2D eigenvalue weighted by Gasteiger charge is 2.31. The van der Waals surface area contributed by atoms with Crippen LogP contribution in [0.4, 0.5) is 4.79 Å². The van der Waals surface area contributed by atoms with E-state index >= 15 is 0 Å². The molecule has 1 aromatic carbocycles. The number of hydrogen-bond donors (Lipinski definition) is 2. The largest absolute Gasteiger partial charge is 0.444 e. The van der Waals surface area contributed by atoms with Crippen LogP contribution in [0.1, 0.15) is 32.4 Å². The van der Waals surface area contributed by atoms with Gasteiger partial charge in [-0.15, -0.1) is 0 Å². The lowest BCUT2D eigenvalue weighted by atomic mass is 10.0. The van der Waals surface area contributed by atoms with Gasteiger partial charge in [0.15, 0.2) is 0 Å². The minimum atomic E-state index is -0.476. The molecule has 0 saturated carbocycles. The van der Waals surface area contributed by atoms with Crippen molar-refractivity contribution >= 4 is 17.0 Å². The maximum absolute atomic E-state index is 12.5. The molecule has 2 heterocycles. The summed E-state index contributed by atoms with van der Waals surface area (Å²) in [6.45, 7) is 7.88. The van der Waals surface area contributed by atoms with Crippen LogP contribution in [0.15, 0.2) is 30.5 Å². The number of amides is 1. The van der Waals surface area contributed by atoms with E-state index in [4.69, 9.17) is 4.74 Å². The molecule has 5 nitrogen and oxygen atoms in total. The van der Waals surface area contributed by atoms with Gasteiger partial charge in [-0.1, -0.05) is 12.1 Å². The Balaban J connectivity index is 1.86. The number of H-pyrrole nitrogens is 1. The maximum atomic E-state index is 12.5. The van der Waals surface area contributed by atoms with E-state index < -0.39 is 5.60 Å². The molecule has 22 heavy (non-hydrogen) atoms. The molecule has 0 aliphatic carbocycles. The van der Waals surface area contributed by atoms with Gasteiger partial charge in [0.2, 0.25) is 0 Å². The van der Waals surface area contributed by atoms with Gasteiger partial charge in [-0.05, 0) is 43.9 Å². The van der Waals surface area contributed by atoms with Gasteiger partial charge in [-0.25, -0.2) is 4.79 Å². The number of hydrogen-bond acceptors (Lipinski definition) is 3. The summed E-state index contributed by atoms with van der Waals surface area (Å²) in [5.74, 6) is 0. The fourth-order valence-corrected chi connectivity index (χ4v) is 2.81. The first-order valence-electron chi connectivity index (χ1n) is 7.71. The van der Waals surface area contributed by atoms with Crippen molar-refractivity contribution in [1.29, 1.82) is 0 Å². The van der Waals surface area contributed by atoms with Crippen molar-refractivity contribution in [3.8, 4) is 0 Å². The minimum Gasteiger partial charge on any atom is -0.444 e. The van der Waals surface area contributed by atoms with Crippen molar-refractivity contribution in [2.45, 2.75) is 32.4 Å². The van der Waals surface area contributed by atoms with Gasteiger partial charge in [0.05, 0.1) is 6.04 Å². The Bertz CT molecular complexity index is 672. The molecule has 1 fully saturated rings. The summed E-state index contributed by atoms with van der Waals surface area (Å²) in [4.78, 5) is 17.5. The molecular weight excluding hydrogens is 278 g/mol. The van der Waals surface area contributed by atoms with Crippen molar-refractivity contribution in [2.75, 3.05) is 19.6 Å². The lowest BCUT2D eigenvalue weighted by Crippen LogP contribution is -2.50. The number of nitrogens with one attached hydrogen (secondary N) is 2. The van der Waals surface area contributed by atoms with Crippen molar-refractivity contribution in [2.24, 2.45) is 0 Å². The van der Waals surface area contributed by atoms with Crippen LogP contribution in [0.25, 0.3) is 10.9 Å². The molecule has 5 heteroatoms. The fraction of sp³-hybridized carbons (Fsp3) is 0.471. The number of carbonyl (C=O) groups excluding carboxylic acids is 1. The van der Waals surface area contributed by atoms with Gasteiger partial charge < -0.3 is 15.0 Å². The number of nitrogens with zero attached hydrogens (tertiary/aromatic N) is 1. The molecule has 3 rings (SSSR count). The van der Waals surface area contributed by atoms with Crippen LogP contribution in [-0.4, -0.2) is 41.2 Å². The van der Waals surface area contributed by atoms with Gasteiger partial charge in [0.1, 0.15) is 5.60 Å². The molecule has 118 valence electrons. The zero-order valence-corrected chi connectivity index (χ0v) is 13.3. The molecule has 1 unspecified atom stereocenters. The first-order valence-corrected chi connectivity index (χ1v) is 7.71. The predicted molar refractivity (Wildman–Crippen MR) is 86.8 cm³/mol. The topological polar surface area (TPSA) is 57.4 Å². The van der Waals surface area contributed by atoms with Crippen molar-refractivity contribution in [3.05, 3.63) is 36.0 Å². The zero-order chi connectivity index (χ0) is 15.7. The smallest absolute Gasteiger partial charge is 0.410 e. The average molecular weight is 301 g/mol. The van der Waals surface area contributed by atoms with E-state index in [1.54, 1.807) is 0 Å². The Morgan fingerprint density at radius 2 is 2.14 bits per heavy atom. The van der Waals surface area contributed by atoms with E-state index in [2.05, 4.69) is 28.5 Å². The third-order valence-corrected chi connectivity index (χ3v) is 3.84. The number of aromatic amines is 1. The van der Waals surface area contributed by atoms with Gasteiger partial charge in [0.25, 0.3) is 0 Å². The number of carbonyl (C=O) groups is 1. The van der Waals surface area contributed by atoms with Gasteiger partial charge in [-0.3, -0.25) is 4.90 Å². The van der Waals surface area contributed by atoms with Crippen LogP contribution < -0.4 is 5.32 Å². The number of fused-ring (bicyclic) bond motifs is 1. The van der Waals surface area contributed by atoms with Crippen LogP contribution in [-0.2, 0) is 4.74 Å². The second kappa shape index (κ2) is 5.65. The molecule has 0 spiro atoms. The Hall–Kier alpha value is -2.01. The molecule has 2 N–H and O–H groups in total. The average Bonchev–Trinajstić information content (AvgIpc) is 2.92. The lowest BCUT2D eigenvalue weighted by molar-refractivity contribution is 0.0118. The first kappa shape index (κ1) is 14.9. The highest BCUT2D eigenvalue weighted by Crippen LogP contribution is 2.27. The van der Waals surface area contributed by atoms with Gasteiger partial charge >= 0.3 is 6.09 Å². The predicted octanol–water partition coefficient (Wildman–Crippen LogP) is 3.05. The third-order valence-electron chi connectivity index (χ3n) is 3.84. The van der Waals surface area contributed by atoms with E-state index in [-0.39, 0.29) is 12.1 Å². The van der Waals surface area contributed by atoms with Gasteiger partial charge in [0, 0.05) is 31.3 Å². The standard InChI is InChI=1S/C17H23N3O2/c1-17(2,3)22-16(21)20-9-8-18-11-15(20)13-5-4-12-6-7-19-14(12)10-13/h4-7,10,15,18-19H,8-9,11H2,1-3H3. The van der Waals surface area contributed by atoms with E-state index in [1.165, 1.54) is 5.39 Å². The Morgan fingerprint density at radius 1 is 1.32 bits per heavy atom. The molecule has 2 aromatic rings. The molecule has 0 radical (unpaired) electrons.